The minimum absolute atomic E-state index is 0.130. The van der Waals surface area contributed by atoms with E-state index in [4.69, 9.17) is 0 Å². The summed E-state index contributed by atoms with van der Waals surface area (Å²) in [5.41, 5.74) is 1.25. The van der Waals surface area contributed by atoms with Crippen molar-refractivity contribution in [1.29, 1.82) is 0 Å². The smallest absolute Gasteiger partial charge is 0.251 e. The zero-order valence-corrected chi connectivity index (χ0v) is 15.4. The Labute approximate surface area is 157 Å². The van der Waals surface area contributed by atoms with Gasteiger partial charge in [-0.2, -0.15) is 4.31 Å². The van der Waals surface area contributed by atoms with Crippen LogP contribution < -0.4 is 5.32 Å². The topological polar surface area (TPSA) is 99.7 Å². The monoisotopic (exact) mass is 388 g/mol. The van der Waals surface area contributed by atoms with Crippen LogP contribution in [0.5, 0.6) is 0 Å². The zero-order chi connectivity index (χ0) is 19.3. The quantitative estimate of drug-likeness (QED) is 0.726. The van der Waals surface area contributed by atoms with Gasteiger partial charge in [0.05, 0.1) is 4.90 Å². The minimum Gasteiger partial charge on any atom is -0.348 e. The minimum atomic E-state index is -3.64. The largest absolute Gasteiger partial charge is 0.348 e. The van der Waals surface area contributed by atoms with Crippen LogP contribution in [-0.4, -0.2) is 61.1 Å². The normalized spacial score (nSPS) is 15.3. The number of carbonyl (C=O) groups excluding carboxylic acids is 2. The van der Waals surface area contributed by atoms with Crippen LogP contribution in [0.1, 0.15) is 15.9 Å². The van der Waals surface area contributed by atoms with Gasteiger partial charge in [-0.1, -0.05) is 6.07 Å². The van der Waals surface area contributed by atoms with Gasteiger partial charge in [0.25, 0.3) is 5.91 Å². The van der Waals surface area contributed by atoms with Crippen molar-refractivity contribution < 1.29 is 18.0 Å². The first-order valence-corrected chi connectivity index (χ1v) is 9.91. The molecule has 1 aromatic heterocycles. The second-order valence-electron chi connectivity index (χ2n) is 6.11. The molecule has 2 amide bonds. The number of sulfonamides is 1. The molecule has 27 heavy (non-hydrogen) atoms. The Morgan fingerprint density at radius 1 is 1.11 bits per heavy atom. The molecular weight excluding hydrogens is 368 g/mol. The van der Waals surface area contributed by atoms with E-state index >= 15 is 0 Å². The maximum Gasteiger partial charge on any atom is 0.251 e. The number of hydrogen-bond acceptors (Lipinski definition) is 5. The van der Waals surface area contributed by atoms with Gasteiger partial charge in [-0.15, -0.1) is 0 Å². The molecule has 0 bridgehead atoms. The lowest BCUT2D eigenvalue weighted by atomic mass is 10.2. The molecule has 1 aromatic carbocycles. The summed E-state index contributed by atoms with van der Waals surface area (Å²) in [7, 11) is -3.64. The third kappa shape index (κ3) is 4.50. The van der Waals surface area contributed by atoms with Crippen LogP contribution in [0.15, 0.2) is 53.7 Å². The Bertz CT molecular complexity index is 893. The van der Waals surface area contributed by atoms with E-state index in [1.165, 1.54) is 28.6 Å². The van der Waals surface area contributed by atoms with E-state index in [1.807, 2.05) is 6.07 Å². The summed E-state index contributed by atoms with van der Waals surface area (Å²) in [6, 6.07) is 9.49. The summed E-state index contributed by atoms with van der Waals surface area (Å²) in [6.45, 7) is 1.60. The number of hydrogen-bond donors (Lipinski definition) is 1. The number of pyridine rings is 1. The molecule has 0 atom stereocenters. The van der Waals surface area contributed by atoms with Gasteiger partial charge in [0.2, 0.25) is 16.4 Å². The van der Waals surface area contributed by atoms with Crippen molar-refractivity contribution in [2.45, 2.75) is 11.4 Å². The molecule has 1 N–H and O–H groups in total. The lowest BCUT2D eigenvalue weighted by Crippen LogP contribution is -2.47. The van der Waals surface area contributed by atoms with Gasteiger partial charge in [-0.25, -0.2) is 8.42 Å². The number of benzene rings is 1. The van der Waals surface area contributed by atoms with Crippen molar-refractivity contribution in [3.63, 3.8) is 0 Å². The number of nitrogens with one attached hydrogen (secondary N) is 1. The lowest BCUT2D eigenvalue weighted by molar-refractivity contribution is -0.119. The van der Waals surface area contributed by atoms with Gasteiger partial charge in [-0.05, 0) is 35.9 Å². The molecule has 0 aliphatic carbocycles. The summed E-state index contributed by atoms with van der Waals surface area (Å²) in [6.07, 6.45) is 4.05. The standard InChI is InChI=1S/C18H20N4O4S/c23-14-21-8-10-22(11-9-21)27(25,26)17-5-3-16(4-6-17)18(24)20-13-15-2-1-7-19-12-15/h1-7,12,14H,8-11,13H2,(H,20,24). The summed E-state index contributed by atoms with van der Waals surface area (Å²) in [5, 5.41) is 2.77. The van der Waals surface area contributed by atoms with Crippen LogP contribution in [0.25, 0.3) is 0 Å². The van der Waals surface area contributed by atoms with E-state index < -0.39 is 10.0 Å². The van der Waals surface area contributed by atoms with E-state index in [0.717, 1.165) is 12.0 Å². The molecule has 0 unspecified atom stereocenters. The van der Waals surface area contributed by atoms with Gasteiger partial charge in [0, 0.05) is 50.7 Å². The molecule has 0 saturated carbocycles. The number of aromatic nitrogens is 1. The summed E-state index contributed by atoms with van der Waals surface area (Å²) >= 11 is 0. The summed E-state index contributed by atoms with van der Waals surface area (Å²) < 4.78 is 26.7. The van der Waals surface area contributed by atoms with E-state index in [2.05, 4.69) is 10.3 Å². The molecule has 2 aromatic rings. The van der Waals surface area contributed by atoms with Crippen molar-refractivity contribution in [2.24, 2.45) is 0 Å². The van der Waals surface area contributed by atoms with Gasteiger partial charge in [0.15, 0.2) is 0 Å². The fourth-order valence-corrected chi connectivity index (χ4v) is 4.19. The molecule has 1 aliphatic rings. The number of piperazine rings is 1. The van der Waals surface area contributed by atoms with Crippen LogP contribution in [0, 0.1) is 0 Å². The maximum atomic E-state index is 12.7. The third-order valence-corrected chi connectivity index (χ3v) is 6.27. The van der Waals surface area contributed by atoms with E-state index in [1.54, 1.807) is 23.4 Å². The van der Waals surface area contributed by atoms with Crippen LogP contribution in [0.4, 0.5) is 0 Å². The van der Waals surface area contributed by atoms with E-state index in [9.17, 15) is 18.0 Å². The van der Waals surface area contributed by atoms with Gasteiger partial charge in [0.1, 0.15) is 0 Å². The first-order valence-electron chi connectivity index (χ1n) is 8.47. The zero-order valence-electron chi connectivity index (χ0n) is 14.6. The van der Waals surface area contributed by atoms with Crippen molar-refractivity contribution in [3.8, 4) is 0 Å². The molecule has 9 heteroatoms. The second-order valence-corrected chi connectivity index (χ2v) is 8.05. The first kappa shape index (κ1) is 19.0. The predicted octanol–water partition coefficient (Wildman–Crippen LogP) is 0.474. The Morgan fingerprint density at radius 2 is 1.81 bits per heavy atom. The number of amides is 2. The highest BCUT2D eigenvalue weighted by atomic mass is 32.2. The maximum absolute atomic E-state index is 12.7. The lowest BCUT2D eigenvalue weighted by Gasteiger charge is -2.31. The third-order valence-electron chi connectivity index (χ3n) is 4.35. The Kier molecular flexibility index (Phi) is 5.82. The highest BCUT2D eigenvalue weighted by molar-refractivity contribution is 7.89. The molecule has 1 saturated heterocycles. The molecule has 1 aliphatic heterocycles. The average molecular weight is 388 g/mol. The predicted molar refractivity (Wildman–Crippen MR) is 98.2 cm³/mol. The molecule has 1 fully saturated rings. The van der Waals surface area contributed by atoms with E-state index in [0.29, 0.717) is 25.2 Å². The first-order chi connectivity index (χ1) is 13.0. The van der Waals surface area contributed by atoms with Crippen molar-refractivity contribution in [3.05, 3.63) is 59.9 Å². The average Bonchev–Trinajstić information content (AvgIpc) is 2.73. The van der Waals surface area contributed by atoms with Crippen LogP contribution in [-0.2, 0) is 21.4 Å². The van der Waals surface area contributed by atoms with Crippen molar-refractivity contribution in [2.75, 3.05) is 26.2 Å². The highest BCUT2D eigenvalue weighted by Crippen LogP contribution is 2.18. The SMILES string of the molecule is O=CN1CCN(S(=O)(=O)c2ccc(C(=O)NCc3cccnc3)cc2)CC1. The highest BCUT2D eigenvalue weighted by Gasteiger charge is 2.28. The van der Waals surface area contributed by atoms with Crippen LogP contribution >= 0.6 is 0 Å². The molecular formula is C18H20N4O4S. The summed E-state index contributed by atoms with van der Waals surface area (Å²) in [4.78, 5) is 28.6. The Morgan fingerprint density at radius 3 is 2.41 bits per heavy atom. The van der Waals surface area contributed by atoms with Crippen molar-refractivity contribution in [1.82, 2.24) is 19.5 Å². The molecule has 2 heterocycles. The Balaban J connectivity index is 1.64. The van der Waals surface area contributed by atoms with Gasteiger partial charge < -0.3 is 10.2 Å². The van der Waals surface area contributed by atoms with E-state index in [-0.39, 0.29) is 23.9 Å². The second kappa shape index (κ2) is 8.28. The molecule has 0 spiro atoms. The Hall–Kier alpha value is -2.78. The van der Waals surface area contributed by atoms with Gasteiger partial charge in [-0.3, -0.25) is 14.6 Å². The number of carbonyl (C=O) groups is 2. The number of rotatable bonds is 6. The fraction of sp³-hybridized carbons (Fsp3) is 0.278. The van der Waals surface area contributed by atoms with Gasteiger partial charge >= 0.3 is 0 Å². The molecule has 3 rings (SSSR count). The summed E-state index contributed by atoms with van der Waals surface area (Å²) in [5.74, 6) is -0.289. The fourth-order valence-electron chi connectivity index (χ4n) is 2.76. The number of nitrogens with zero attached hydrogens (tertiary/aromatic N) is 3. The molecule has 142 valence electrons. The molecule has 0 radical (unpaired) electrons. The van der Waals surface area contributed by atoms with Crippen molar-refractivity contribution >= 4 is 22.3 Å². The van der Waals surface area contributed by atoms with Crippen LogP contribution in [0.2, 0.25) is 0 Å². The van der Waals surface area contributed by atoms with Crippen LogP contribution in [0.3, 0.4) is 0 Å². The molecule has 8 nitrogen and oxygen atoms in total.